The van der Waals surface area contributed by atoms with Crippen LogP contribution in [0.25, 0.3) is 5.69 Å². The van der Waals surface area contributed by atoms with E-state index in [0.717, 1.165) is 37.2 Å². The monoisotopic (exact) mass is 465 g/mol. The molecule has 1 fully saturated rings. The second-order valence-electron chi connectivity index (χ2n) is 8.12. The largest absolute Gasteiger partial charge is 0.362 e. The Morgan fingerprint density at radius 1 is 1.03 bits per heavy atom. The molecule has 172 valence electrons. The predicted molar refractivity (Wildman–Crippen MR) is 128 cm³/mol. The smallest absolute Gasteiger partial charge is 0.284 e. The van der Waals surface area contributed by atoms with Crippen LogP contribution in [-0.2, 0) is 10.0 Å². The highest BCUT2D eigenvalue weighted by Gasteiger charge is 2.20. The molecule has 3 aromatic rings. The molecule has 2 aromatic carbocycles. The van der Waals surface area contributed by atoms with Crippen LogP contribution in [0.4, 0.5) is 5.69 Å². The number of nitrogens with zero attached hydrogens (tertiary/aromatic N) is 4. The number of hydrogen-bond acceptors (Lipinski definition) is 4. The molecule has 0 bridgehead atoms. The normalized spacial score (nSPS) is 15.9. The van der Waals surface area contributed by atoms with E-state index in [4.69, 9.17) is 0 Å². The van der Waals surface area contributed by atoms with Gasteiger partial charge in [0.15, 0.2) is 5.69 Å². The number of aryl methyl sites for hydroxylation is 1. The average Bonchev–Trinajstić information content (AvgIpc) is 3.09. The van der Waals surface area contributed by atoms with Gasteiger partial charge in [-0.1, -0.05) is 30.7 Å². The van der Waals surface area contributed by atoms with Gasteiger partial charge in [0.25, 0.3) is 15.9 Å². The Morgan fingerprint density at radius 3 is 2.61 bits per heavy atom. The van der Waals surface area contributed by atoms with Crippen molar-refractivity contribution in [1.29, 1.82) is 0 Å². The molecule has 1 N–H and O–H groups in total. The Morgan fingerprint density at radius 2 is 1.82 bits per heavy atom. The lowest BCUT2D eigenvalue weighted by Crippen LogP contribution is -2.26. The minimum absolute atomic E-state index is 0.0384. The summed E-state index contributed by atoms with van der Waals surface area (Å²) in [5.74, 6) is 0.154. The Labute approximate surface area is 194 Å². The van der Waals surface area contributed by atoms with Crippen molar-refractivity contribution in [2.75, 3.05) is 18.9 Å². The highest BCUT2D eigenvalue weighted by Crippen LogP contribution is 2.21. The Hall–Kier alpha value is -3.46. The number of hydrogen-bond donors (Lipinski definition) is 1. The molecule has 1 aliphatic heterocycles. The molecule has 0 unspecified atom stereocenters. The maximum absolute atomic E-state index is 12.9. The number of para-hydroxylation sites is 1. The van der Waals surface area contributed by atoms with Crippen molar-refractivity contribution in [3.63, 3.8) is 0 Å². The first kappa shape index (κ1) is 22.7. The van der Waals surface area contributed by atoms with Gasteiger partial charge in [-0.3, -0.25) is 4.79 Å². The molecule has 33 heavy (non-hydrogen) atoms. The van der Waals surface area contributed by atoms with Crippen LogP contribution in [0.5, 0.6) is 0 Å². The van der Waals surface area contributed by atoms with Gasteiger partial charge < -0.3 is 10.2 Å². The summed E-state index contributed by atoms with van der Waals surface area (Å²) >= 11 is 0. The number of aromatic nitrogens is 2. The van der Waals surface area contributed by atoms with E-state index < -0.39 is 15.9 Å². The minimum Gasteiger partial charge on any atom is -0.362 e. The fourth-order valence-electron chi connectivity index (χ4n) is 3.78. The van der Waals surface area contributed by atoms with Crippen LogP contribution >= 0.6 is 0 Å². The van der Waals surface area contributed by atoms with E-state index in [9.17, 15) is 13.2 Å². The zero-order valence-corrected chi connectivity index (χ0v) is 19.5. The van der Waals surface area contributed by atoms with Gasteiger partial charge in [0.1, 0.15) is 5.84 Å². The number of amidine groups is 1. The van der Waals surface area contributed by atoms with Crippen LogP contribution < -0.4 is 5.32 Å². The third-order valence-corrected chi connectivity index (χ3v) is 6.87. The first-order valence-electron chi connectivity index (χ1n) is 10.9. The van der Waals surface area contributed by atoms with Crippen molar-refractivity contribution < 1.29 is 13.2 Å². The summed E-state index contributed by atoms with van der Waals surface area (Å²) in [5, 5.41) is 7.15. The second kappa shape index (κ2) is 9.58. The molecule has 0 saturated carbocycles. The fraction of sp³-hybridized carbons (Fsp3) is 0.292. The summed E-state index contributed by atoms with van der Waals surface area (Å²) in [4.78, 5) is 14.7. The minimum atomic E-state index is -3.90. The van der Waals surface area contributed by atoms with Crippen molar-refractivity contribution in [1.82, 2.24) is 14.7 Å². The third kappa shape index (κ3) is 5.31. The molecule has 0 spiro atoms. The van der Waals surface area contributed by atoms with E-state index in [1.54, 1.807) is 22.9 Å². The number of sulfonamides is 1. The molecule has 0 radical (unpaired) electrons. The third-order valence-electron chi connectivity index (χ3n) is 5.57. The number of nitrogens with one attached hydrogen (secondary N) is 1. The molecule has 8 nitrogen and oxygen atoms in total. The zero-order chi connectivity index (χ0) is 23.4. The topological polar surface area (TPSA) is 96.7 Å². The molecule has 2 heterocycles. The van der Waals surface area contributed by atoms with Crippen LogP contribution in [0.1, 0.15) is 41.9 Å². The van der Waals surface area contributed by atoms with Crippen molar-refractivity contribution in [2.24, 2.45) is 4.40 Å². The lowest BCUT2D eigenvalue weighted by atomic mass is 10.2. The molecule has 9 heteroatoms. The van der Waals surface area contributed by atoms with Gasteiger partial charge >= 0.3 is 0 Å². The Balaban J connectivity index is 1.54. The summed E-state index contributed by atoms with van der Waals surface area (Å²) in [6.45, 7) is 2.66. The maximum atomic E-state index is 12.9. The number of amides is 1. The summed E-state index contributed by atoms with van der Waals surface area (Å²) in [6, 6.07) is 17.4. The summed E-state index contributed by atoms with van der Waals surface area (Å²) in [5.41, 5.74) is 2.27. The molecular weight excluding hydrogens is 438 g/mol. The zero-order valence-electron chi connectivity index (χ0n) is 18.7. The Kier molecular flexibility index (Phi) is 6.60. The summed E-state index contributed by atoms with van der Waals surface area (Å²) in [7, 11) is -2.03. The first-order valence-corrected chi connectivity index (χ1v) is 12.4. The number of carbonyl (C=O) groups excluding carboxylic acids is 1. The van der Waals surface area contributed by atoms with E-state index >= 15 is 0 Å². The van der Waals surface area contributed by atoms with E-state index in [1.807, 2.05) is 49.2 Å². The number of carbonyl (C=O) groups is 1. The van der Waals surface area contributed by atoms with Gasteiger partial charge in [0.2, 0.25) is 0 Å². The standard InChI is InChI=1S/C24H27N5O3S/c1-18-16-22(26-29(18)20-11-5-3-6-12-20)24(30)25-19-10-9-13-21(17-19)33(31,32)27-23-14-7-4-8-15-28(23)2/h3,5-6,9-13,16-17H,4,7-8,14-15H2,1-2H3,(H,25,30)/b27-23+. The molecule has 1 aliphatic rings. The predicted octanol–water partition coefficient (Wildman–Crippen LogP) is 4.03. The second-order valence-corrected chi connectivity index (χ2v) is 9.72. The van der Waals surface area contributed by atoms with Crippen LogP contribution in [-0.4, -0.2) is 48.4 Å². The van der Waals surface area contributed by atoms with Gasteiger partial charge in [-0.2, -0.15) is 13.5 Å². The van der Waals surface area contributed by atoms with Gasteiger partial charge in [0, 0.05) is 31.4 Å². The van der Waals surface area contributed by atoms with Crippen molar-refractivity contribution in [3.05, 3.63) is 72.1 Å². The number of rotatable bonds is 5. The number of likely N-dealkylation sites (tertiary alicyclic amines) is 1. The molecular formula is C24H27N5O3S. The highest BCUT2D eigenvalue weighted by molar-refractivity contribution is 7.90. The average molecular weight is 466 g/mol. The number of anilines is 1. The van der Waals surface area contributed by atoms with Gasteiger partial charge in [-0.25, -0.2) is 4.68 Å². The molecule has 1 aromatic heterocycles. The van der Waals surface area contributed by atoms with Crippen molar-refractivity contribution >= 4 is 27.5 Å². The fourth-order valence-corrected chi connectivity index (χ4v) is 4.92. The maximum Gasteiger partial charge on any atom is 0.284 e. The highest BCUT2D eigenvalue weighted by atomic mass is 32.2. The summed E-state index contributed by atoms with van der Waals surface area (Å²) in [6.07, 6.45) is 3.64. The number of benzene rings is 2. The lowest BCUT2D eigenvalue weighted by Gasteiger charge is -2.17. The SMILES string of the molecule is Cc1cc(C(=O)Nc2cccc(S(=O)(=O)/N=C3\CCCCCN3C)c2)nn1-c1ccccc1. The van der Waals surface area contributed by atoms with E-state index in [-0.39, 0.29) is 10.6 Å². The molecule has 0 aliphatic carbocycles. The van der Waals surface area contributed by atoms with Crippen LogP contribution in [0.15, 0.2) is 70.0 Å². The quantitative estimate of drug-likeness (QED) is 0.614. The summed E-state index contributed by atoms with van der Waals surface area (Å²) < 4.78 is 31.6. The van der Waals surface area contributed by atoms with Crippen LogP contribution in [0.2, 0.25) is 0 Å². The molecule has 0 atom stereocenters. The van der Waals surface area contributed by atoms with Gasteiger partial charge in [0.05, 0.1) is 10.6 Å². The van der Waals surface area contributed by atoms with E-state index in [1.165, 1.54) is 12.1 Å². The molecule has 4 rings (SSSR count). The van der Waals surface area contributed by atoms with E-state index in [2.05, 4.69) is 14.8 Å². The van der Waals surface area contributed by atoms with Crippen molar-refractivity contribution in [3.8, 4) is 5.69 Å². The van der Waals surface area contributed by atoms with Crippen LogP contribution in [0, 0.1) is 6.92 Å². The van der Waals surface area contributed by atoms with Gasteiger partial charge in [-0.05, 0) is 56.2 Å². The van der Waals surface area contributed by atoms with Crippen LogP contribution in [0.3, 0.4) is 0 Å². The molecule has 1 amide bonds. The van der Waals surface area contributed by atoms with Gasteiger partial charge in [-0.15, -0.1) is 4.40 Å². The first-order chi connectivity index (χ1) is 15.8. The van der Waals surface area contributed by atoms with E-state index in [0.29, 0.717) is 17.9 Å². The van der Waals surface area contributed by atoms with Crippen molar-refractivity contribution in [2.45, 2.75) is 37.5 Å². The Bertz CT molecular complexity index is 1280. The molecule has 1 saturated heterocycles. The lowest BCUT2D eigenvalue weighted by molar-refractivity contribution is 0.102.